The minimum atomic E-state index is 0.0817. The summed E-state index contributed by atoms with van der Waals surface area (Å²) in [6.07, 6.45) is 0. The van der Waals surface area contributed by atoms with Crippen molar-refractivity contribution in [1.82, 2.24) is 5.32 Å². The normalized spacial score (nSPS) is 12.0. The van der Waals surface area contributed by atoms with Crippen LogP contribution in [0.4, 0.5) is 0 Å². The van der Waals surface area contributed by atoms with Crippen LogP contribution < -0.4 is 14.8 Å². The molecule has 1 unspecified atom stereocenters. The average Bonchev–Trinajstić information content (AvgIpc) is 2.54. The smallest absolute Gasteiger partial charge is 0.161 e. The zero-order valence-electron chi connectivity index (χ0n) is 12.9. The van der Waals surface area contributed by atoms with Crippen LogP contribution in [0.15, 0.2) is 36.4 Å². The van der Waals surface area contributed by atoms with E-state index >= 15 is 0 Å². The summed E-state index contributed by atoms with van der Waals surface area (Å²) in [4.78, 5) is 0. The van der Waals surface area contributed by atoms with Crippen molar-refractivity contribution in [3.63, 3.8) is 0 Å². The van der Waals surface area contributed by atoms with E-state index in [4.69, 9.17) is 21.1 Å². The molecule has 0 heterocycles. The summed E-state index contributed by atoms with van der Waals surface area (Å²) < 4.78 is 10.6. The molecule has 4 nitrogen and oxygen atoms in total. The number of methoxy groups -OCH3 is 2. The number of rotatable bonds is 6. The number of hydrogen-bond acceptors (Lipinski definition) is 4. The Bertz CT molecular complexity index is 646. The lowest BCUT2D eigenvalue weighted by atomic mass is 10.1. The third-order valence-corrected chi connectivity index (χ3v) is 3.78. The van der Waals surface area contributed by atoms with Crippen LogP contribution in [-0.2, 0) is 6.54 Å². The van der Waals surface area contributed by atoms with Gasteiger partial charge in [-0.05, 0) is 42.8 Å². The van der Waals surface area contributed by atoms with Gasteiger partial charge in [-0.2, -0.15) is 0 Å². The van der Waals surface area contributed by atoms with Crippen molar-refractivity contribution in [2.24, 2.45) is 0 Å². The minimum Gasteiger partial charge on any atom is -0.508 e. The molecule has 0 aromatic heterocycles. The standard InChI is InChI=1S/C17H20ClNO3/c1-11(12-4-7-16(21-2)17(9-12)22-3)19-10-13-8-14(18)5-6-15(13)20/h4-9,11,19-20H,10H2,1-3H3. The number of phenols is 1. The molecule has 0 bridgehead atoms. The first kappa shape index (κ1) is 16.5. The number of nitrogens with one attached hydrogen (secondary N) is 1. The zero-order chi connectivity index (χ0) is 16.1. The summed E-state index contributed by atoms with van der Waals surface area (Å²) in [5.41, 5.74) is 1.83. The van der Waals surface area contributed by atoms with Crippen LogP contribution in [0.3, 0.4) is 0 Å². The fraction of sp³-hybridized carbons (Fsp3) is 0.294. The molecule has 118 valence electrons. The summed E-state index contributed by atoms with van der Waals surface area (Å²) >= 11 is 5.95. The molecule has 0 fully saturated rings. The van der Waals surface area contributed by atoms with Crippen LogP contribution in [0, 0.1) is 0 Å². The summed E-state index contributed by atoms with van der Waals surface area (Å²) in [6.45, 7) is 2.56. The second-order valence-electron chi connectivity index (χ2n) is 4.99. The van der Waals surface area contributed by atoms with Gasteiger partial charge in [0.15, 0.2) is 11.5 Å². The number of halogens is 1. The van der Waals surface area contributed by atoms with Crippen molar-refractivity contribution in [2.45, 2.75) is 19.5 Å². The predicted octanol–water partition coefficient (Wildman–Crippen LogP) is 3.91. The van der Waals surface area contributed by atoms with Gasteiger partial charge in [0.05, 0.1) is 14.2 Å². The zero-order valence-corrected chi connectivity index (χ0v) is 13.6. The van der Waals surface area contributed by atoms with Gasteiger partial charge in [-0.15, -0.1) is 0 Å². The number of aromatic hydroxyl groups is 1. The molecule has 0 aliphatic carbocycles. The summed E-state index contributed by atoms with van der Waals surface area (Å²) in [7, 11) is 3.23. The Morgan fingerprint density at radius 1 is 1.09 bits per heavy atom. The number of hydrogen-bond donors (Lipinski definition) is 2. The topological polar surface area (TPSA) is 50.7 Å². The first-order chi connectivity index (χ1) is 10.5. The van der Waals surface area contributed by atoms with Crippen LogP contribution in [0.1, 0.15) is 24.1 Å². The third kappa shape index (κ3) is 3.84. The molecule has 2 aromatic rings. The van der Waals surface area contributed by atoms with E-state index in [1.807, 2.05) is 25.1 Å². The van der Waals surface area contributed by atoms with Gasteiger partial charge in [-0.1, -0.05) is 17.7 Å². The molecule has 0 aliphatic rings. The molecule has 0 saturated carbocycles. The maximum Gasteiger partial charge on any atom is 0.161 e. The Hall–Kier alpha value is -1.91. The lowest BCUT2D eigenvalue weighted by Crippen LogP contribution is -2.18. The Balaban J connectivity index is 2.09. The van der Waals surface area contributed by atoms with Gasteiger partial charge >= 0.3 is 0 Å². The van der Waals surface area contributed by atoms with E-state index < -0.39 is 0 Å². The van der Waals surface area contributed by atoms with Gasteiger partial charge in [0, 0.05) is 23.2 Å². The minimum absolute atomic E-state index is 0.0817. The predicted molar refractivity (Wildman–Crippen MR) is 87.9 cm³/mol. The van der Waals surface area contributed by atoms with Crippen molar-refractivity contribution in [3.8, 4) is 17.2 Å². The first-order valence-corrected chi connectivity index (χ1v) is 7.35. The van der Waals surface area contributed by atoms with E-state index in [0.29, 0.717) is 23.1 Å². The first-order valence-electron chi connectivity index (χ1n) is 6.98. The second-order valence-corrected chi connectivity index (χ2v) is 5.43. The maximum absolute atomic E-state index is 9.83. The van der Waals surface area contributed by atoms with E-state index in [9.17, 15) is 5.11 Å². The second kappa shape index (κ2) is 7.38. The highest BCUT2D eigenvalue weighted by Crippen LogP contribution is 2.30. The highest BCUT2D eigenvalue weighted by molar-refractivity contribution is 6.30. The molecule has 1 atom stereocenters. The molecule has 0 spiro atoms. The van der Waals surface area contributed by atoms with Crippen LogP contribution in [0.5, 0.6) is 17.2 Å². The van der Waals surface area contributed by atoms with Gasteiger partial charge < -0.3 is 19.9 Å². The number of phenolic OH excluding ortho intramolecular Hbond substituents is 1. The van der Waals surface area contributed by atoms with Gasteiger partial charge in [0.25, 0.3) is 0 Å². The summed E-state index contributed by atoms with van der Waals surface area (Å²) in [5, 5.41) is 13.8. The van der Waals surface area contributed by atoms with Crippen LogP contribution in [0.2, 0.25) is 5.02 Å². The van der Waals surface area contributed by atoms with Crippen LogP contribution >= 0.6 is 11.6 Å². The van der Waals surface area contributed by atoms with Gasteiger partial charge in [0.1, 0.15) is 5.75 Å². The van der Waals surface area contributed by atoms with Crippen LogP contribution in [-0.4, -0.2) is 19.3 Å². The van der Waals surface area contributed by atoms with Crippen LogP contribution in [0.25, 0.3) is 0 Å². The quantitative estimate of drug-likeness (QED) is 0.847. The lowest BCUT2D eigenvalue weighted by molar-refractivity contribution is 0.354. The van der Waals surface area contributed by atoms with E-state index in [0.717, 1.165) is 11.1 Å². The van der Waals surface area contributed by atoms with E-state index in [-0.39, 0.29) is 11.8 Å². The van der Waals surface area contributed by atoms with Crippen molar-refractivity contribution < 1.29 is 14.6 Å². The molecule has 2 aromatic carbocycles. The average molecular weight is 322 g/mol. The Morgan fingerprint density at radius 3 is 2.50 bits per heavy atom. The summed E-state index contributed by atoms with van der Waals surface area (Å²) in [5.74, 6) is 1.63. The fourth-order valence-corrected chi connectivity index (χ4v) is 2.39. The SMILES string of the molecule is COc1ccc(C(C)NCc2cc(Cl)ccc2O)cc1OC. The molecule has 0 saturated heterocycles. The number of benzene rings is 2. The Labute approximate surface area is 135 Å². The molecular weight excluding hydrogens is 302 g/mol. The molecule has 2 rings (SSSR count). The Kier molecular flexibility index (Phi) is 5.52. The molecule has 0 radical (unpaired) electrons. The van der Waals surface area contributed by atoms with Crippen molar-refractivity contribution in [2.75, 3.05) is 14.2 Å². The highest BCUT2D eigenvalue weighted by atomic mass is 35.5. The largest absolute Gasteiger partial charge is 0.508 e. The molecular formula is C17H20ClNO3. The number of ether oxygens (including phenoxy) is 2. The maximum atomic E-state index is 9.83. The fourth-order valence-electron chi connectivity index (χ4n) is 2.20. The van der Waals surface area contributed by atoms with E-state index in [2.05, 4.69) is 5.32 Å². The van der Waals surface area contributed by atoms with Gasteiger partial charge in [-0.25, -0.2) is 0 Å². The molecule has 0 amide bonds. The summed E-state index contributed by atoms with van der Waals surface area (Å²) in [6, 6.07) is 10.9. The lowest BCUT2D eigenvalue weighted by Gasteiger charge is -2.17. The Morgan fingerprint density at radius 2 is 1.82 bits per heavy atom. The third-order valence-electron chi connectivity index (χ3n) is 3.55. The van der Waals surface area contributed by atoms with Crippen molar-refractivity contribution >= 4 is 11.6 Å². The van der Waals surface area contributed by atoms with E-state index in [1.54, 1.807) is 32.4 Å². The van der Waals surface area contributed by atoms with Crippen molar-refractivity contribution in [3.05, 3.63) is 52.5 Å². The molecule has 22 heavy (non-hydrogen) atoms. The van der Waals surface area contributed by atoms with Gasteiger partial charge in [0.2, 0.25) is 0 Å². The molecule has 5 heteroatoms. The monoisotopic (exact) mass is 321 g/mol. The highest BCUT2D eigenvalue weighted by Gasteiger charge is 2.11. The van der Waals surface area contributed by atoms with E-state index in [1.165, 1.54) is 0 Å². The molecule has 2 N–H and O–H groups in total. The van der Waals surface area contributed by atoms with Crippen molar-refractivity contribution in [1.29, 1.82) is 0 Å². The molecule has 0 aliphatic heterocycles. The van der Waals surface area contributed by atoms with Gasteiger partial charge in [-0.3, -0.25) is 0 Å².